The summed E-state index contributed by atoms with van der Waals surface area (Å²) in [6.45, 7) is 5.99. The Hall–Kier alpha value is -1.95. The van der Waals surface area contributed by atoms with Gasteiger partial charge >= 0.3 is 0 Å². The van der Waals surface area contributed by atoms with Crippen LogP contribution in [0.5, 0.6) is 0 Å². The highest BCUT2D eigenvalue weighted by molar-refractivity contribution is 7.24. The van der Waals surface area contributed by atoms with E-state index in [1.54, 1.807) is 18.3 Å². The average molecular weight is 356 g/mol. The van der Waals surface area contributed by atoms with E-state index in [-0.39, 0.29) is 11.5 Å². The van der Waals surface area contributed by atoms with Crippen LogP contribution >= 0.6 is 11.3 Å². The van der Waals surface area contributed by atoms with Crippen molar-refractivity contribution in [2.45, 2.75) is 20.0 Å². The van der Waals surface area contributed by atoms with Gasteiger partial charge in [-0.05, 0) is 44.7 Å². The Morgan fingerprint density at radius 3 is 2.76 bits per heavy atom. The SMILES string of the molecule is Cc1ccc(NCCN(C)CC(C)O)c2c(=O)c3ccccc3sc12. The number of rotatable bonds is 6. The number of aliphatic hydroxyl groups excluding tert-OH is 1. The minimum absolute atomic E-state index is 0.0906. The highest BCUT2D eigenvalue weighted by atomic mass is 32.1. The molecular weight excluding hydrogens is 332 g/mol. The summed E-state index contributed by atoms with van der Waals surface area (Å²) in [5, 5.41) is 14.4. The molecule has 0 saturated carbocycles. The van der Waals surface area contributed by atoms with Crippen LogP contribution in [0.1, 0.15) is 12.5 Å². The number of fused-ring (bicyclic) bond motifs is 2. The molecule has 0 amide bonds. The van der Waals surface area contributed by atoms with Crippen LogP contribution in [0.2, 0.25) is 0 Å². The number of aliphatic hydroxyl groups is 1. The van der Waals surface area contributed by atoms with Gasteiger partial charge in [0.05, 0.1) is 11.5 Å². The maximum atomic E-state index is 13.0. The maximum Gasteiger partial charge on any atom is 0.197 e. The van der Waals surface area contributed by atoms with E-state index >= 15 is 0 Å². The molecule has 0 aliphatic heterocycles. The topological polar surface area (TPSA) is 52.6 Å². The van der Waals surface area contributed by atoms with Crippen LogP contribution < -0.4 is 10.7 Å². The van der Waals surface area contributed by atoms with E-state index in [1.807, 2.05) is 44.3 Å². The fourth-order valence-electron chi connectivity index (χ4n) is 3.10. The molecule has 1 heterocycles. The van der Waals surface area contributed by atoms with Gasteiger partial charge in [-0.3, -0.25) is 4.79 Å². The van der Waals surface area contributed by atoms with Gasteiger partial charge in [-0.15, -0.1) is 11.3 Å². The Kier molecular flexibility index (Phi) is 5.37. The predicted molar refractivity (Wildman–Crippen MR) is 108 cm³/mol. The Morgan fingerprint density at radius 2 is 2.00 bits per heavy atom. The first-order valence-corrected chi connectivity index (χ1v) is 9.34. The quantitative estimate of drug-likeness (QED) is 0.664. The molecule has 0 aliphatic carbocycles. The monoisotopic (exact) mass is 356 g/mol. The number of nitrogens with zero attached hydrogens (tertiary/aromatic N) is 1. The molecule has 0 radical (unpaired) electrons. The van der Waals surface area contributed by atoms with Crippen molar-refractivity contribution in [1.29, 1.82) is 0 Å². The van der Waals surface area contributed by atoms with Crippen molar-refractivity contribution in [1.82, 2.24) is 4.90 Å². The summed E-state index contributed by atoms with van der Waals surface area (Å²) in [5.41, 5.74) is 2.10. The lowest BCUT2D eigenvalue weighted by Gasteiger charge is -2.19. The molecule has 0 aliphatic rings. The van der Waals surface area contributed by atoms with Gasteiger partial charge in [0.25, 0.3) is 0 Å². The Labute approximate surface area is 151 Å². The molecule has 132 valence electrons. The molecule has 1 unspecified atom stereocenters. The van der Waals surface area contributed by atoms with E-state index in [2.05, 4.69) is 16.3 Å². The van der Waals surface area contributed by atoms with Crippen molar-refractivity contribution < 1.29 is 5.11 Å². The third kappa shape index (κ3) is 3.84. The summed E-state index contributed by atoms with van der Waals surface area (Å²) < 4.78 is 2.07. The molecule has 1 aromatic heterocycles. The van der Waals surface area contributed by atoms with Gasteiger partial charge in [-0.2, -0.15) is 0 Å². The largest absolute Gasteiger partial charge is 0.392 e. The number of benzene rings is 2. The van der Waals surface area contributed by atoms with Crippen LogP contribution in [-0.4, -0.2) is 42.8 Å². The number of aryl methyl sites for hydroxylation is 1. The molecule has 0 fully saturated rings. The molecule has 3 aromatic rings. The van der Waals surface area contributed by atoms with Crippen molar-refractivity contribution >= 4 is 37.2 Å². The van der Waals surface area contributed by atoms with Crippen molar-refractivity contribution in [3.05, 3.63) is 52.2 Å². The van der Waals surface area contributed by atoms with E-state index in [0.717, 1.165) is 44.5 Å². The molecule has 0 bridgehead atoms. The van der Waals surface area contributed by atoms with Crippen LogP contribution in [0.25, 0.3) is 20.2 Å². The van der Waals surface area contributed by atoms with Crippen molar-refractivity contribution in [2.75, 3.05) is 32.0 Å². The number of hydrogen-bond donors (Lipinski definition) is 2. The van der Waals surface area contributed by atoms with Gasteiger partial charge in [0.1, 0.15) is 0 Å². The average Bonchev–Trinajstić information content (AvgIpc) is 2.57. The second kappa shape index (κ2) is 7.52. The van der Waals surface area contributed by atoms with E-state index in [4.69, 9.17) is 0 Å². The summed E-state index contributed by atoms with van der Waals surface area (Å²) in [7, 11) is 1.98. The lowest BCUT2D eigenvalue weighted by Crippen LogP contribution is -2.31. The van der Waals surface area contributed by atoms with Gasteiger partial charge in [-0.1, -0.05) is 18.2 Å². The summed E-state index contributed by atoms with van der Waals surface area (Å²) >= 11 is 1.67. The maximum absolute atomic E-state index is 13.0. The first-order chi connectivity index (χ1) is 12.0. The molecule has 1 atom stereocenters. The molecule has 0 saturated heterocycles. The standard InChI is InChI=1S/C20H24N2O2S/c1-13-8-9-16(21-10-11-22(3)12-14(2)23)18-19(24)15-6-4-5-7-17(15)25-20(13)18/h4-9,14,21,23H,10-12H2,1-3H3. The zero-order chi connectivity index (χ0) is 18.0. The second-order valence-electron chi connectivity index (χ2n) is 6.60. The molecule has 2 N–H and O–H groups in total. The first kappa shape index (κ1) is 17.9. The van der Waals surface area contributed by atoms with Gasteiger partial charge in [0.2, 0.25) is 0 Å². The van der Waals surface area contributed by atoms with Gasteiger partial charge < -0.3 is 15.3 Å². The van der Waals surface area contributed by atoms with Crippen molar-refractivity contribution in [3.8, 4) is 0 Å². The third-order valence-corrected chi connectivity index (χ3v) is 5.62. The minimum Gasteiger partial charge on any atom is -0.392 e. The summed E-state index contributed by atoms with van der Waals surface area (Å²) in [6.07, 6.45) is -0.341. The summed E-state index contributed by atoms with van der Waals surface area (Å²) in [6, 6.07) is 11.8. The van der Waals surface area contributed by atoms with E-state index in [0.29, 0.717) is 6.54 Å². The van der Waals surface area contributed by atoms with E-state index in [1.165, 1.54) is 0 Å². The molecule has 3 rings (SSSR count). The molecular formula is C20H24N2O2S. The smallest absolute Gasteiger partial charge is 0.197 e. The Balaban J connectivity index is 1.95. The predicted octanol–water partition coefficient (Wildman–Crippen LogP) is 3.45. The molecule has 25 heavy (non-hydrogen) atoms. The van der Waals surface area contributed by atoms with Gasteiger partial charge in [0.15, 0.2) is 5.43 Å². The molecule has 4 nitrogen and oxygen atoms in total. The highest BCUT2D eigenvalue weighted by Crippen LogP contribution is 2.31. The van der Waals surface area contributed by atoms with Crippen molar-refractivity contribution in [2.24, 2.45) is 0 Å². The molecule has 2 aromatic carbocycles. The van der Waals surface area contributed by atoms with E-state index < -0.39 is 0 Å². The lowest BCUT2D eigenvalue weighted by molar-refractivity contribution is 0.143. The zero-order valence-electron chi connectivity index (χ0n) is 14.9. The molecule has 0 spiro atoms. The van der Waals surface area contributed by atoms with Gasteiger partial charge in [0, 0.05) is 40.1 Å². The zero-order valence-corrected chi connectivity index (χ0v) is 15.7. The number of nitrogens with one attached hydrogen (secondary N) is 1. The highest BCUT2D eigenvalue weighted by Gasteiger charge is 2.12. The fourth-order valence-corrected chi connectivity index (χ4v) is 4.27. The second-order valence-corrected chi connectivity index (χ2v) is 7.65. The fraction of sp³-hybridized carbons (Fsp3) is 0.350. The minimum atomic E-state index is -0.341. The number of anilines is 1. The Morgan fingerprint density at radius 1 is 1.24 bits per heavy atom. The lowest BCUT2D eigenvalue weighted by atomic mass is 10.1. The normalized spacial score (nSPS) is 12.8. The Bertz CT molecular complexity index is 949. The van der Waals surface area contributed by atoms with E-state index in [9.17, 15) is 9.90 Å². The number of likely N-dealkylation sites (N-methyl/N-ethyl adjacent to an activating group) is 1. The van der Waals surface area contributed by atoms with Crippen LogP contribution in [0, 0.1) is 6.92 Å². The summed E-state index contributed by atoms with van der Waals surface area (Å²) in [5.74, 6) is 0. The van der Waals surface area contributed by atoms with Crippen LogP contribution in [0.3, 0.4) is 0 Å². The van der Waals surface area contributed by atoms with Crippen LogP contribution in [-0.2, 0) is 0 Å². The number of hydrogen-bond acceptors (Lipinski definition) is 5. The van der Waals surface area contributed by atoms with Crippen LogP contribution in [0.4, 0.5) is 5.69 Å². The summed E-state index contributed by atoms with van der Waals surface area (Å²) in [4.78, 5) is 15.1. The van der Waals surface area contributed by atoms with Crippen LogP contribution in [0.15, 0.2) is 41.2 Å². The van der Waals surface area contributed by atoms with Gasteiger partial charge in [-0.25, -0.2) is 0 Å². The third-order valence-electron chi connectivity index (χ3n) is 4.31. The van der Waals surface area contributed by atoms with Crippen molar-refractivity contribution in [3.63, 3.8) is 0 Å². The molecule has 5 heteroatoms. The first-order valence-electron chi connectivity index (χ1n) is 8.53.